The third-order valence-electron chi connectivity index (χ3n) is 1.90. The highest BCUT2D eigenvalue weighted by Gasteiger charge is 2.00. The second kappa shape index (κ2) is 2.90. The van der Waals surface area contributed by atoms with E-state index in [2.05, 4.69) is 10.2 Å². The molecule has 2 rings (SSSR count). The van der Waals surface area contributed by atoms with Crippen molar-refractivity contribution in [3.63, 3.8) is 0 Å². The zero-order chi connectivity index (χ0) is 9.26. The first kappa shape index (κ1) is 7.79. The van der Waals surface area contributed by atoms with Crippen LogP contribution in [0, 0.1) is 0 Å². The van der Waals surface area contributed by atoms with Crippen LogP contribution in [0.5, 0.6) is 5.75 Å². The van der Waals surface area contributed by atoms with Crippen molar-refractivity contribution in [1.82, 2.24) is 10.2 Å². The van der Waals surface area contributed by atoms with Crippen LogP contribution in [0.1, 0.15) is 0 Å². The number of ether oxygens (including phenoxy) is 1. The summed E-state index contributed by atoms with van der Waals surface area (Å²) in [6.45, 7) is 0. The average Bonchev–Trinajstić information content (AvgIpc) is 2.18. The predicted octanol–water partition coefficient (Wildman–Crippen LogP) is 1.22. The van der Waals surface area contributed by atoms with Crippen LogP contribution in [0.3, 0.4) is 0 Å². The van der Waals surface area contributed by atoms with Crippen LogP contribution in [0.25, 0.3) is 10.8 Å². The summed E-state index contributed by atoms with van der Waals surface area (Å²) in [5, 5.41) is 9.34. The minimum Gasteiger partial charge on any atom is -0.497 e. The van der Waals surface area contributed by atoms with Gasteiger partial charge in [-0.05, 0) is 18.2 Å². The highest BCUT2D eigenvalue weighted by Crippen LogP contribution is 2.22. The Morgan fingerprint density at radius 3 is 3.00 bits per heavy atom. The van der Waals surface area contributed by atoms with E-state index in [-0.39, 0.29) is 0 Å². The smallest absolute Gasteiger partial charge is 0.154 e. The number of hydrogen-bond acceptors (Lipinski definition) is 4. The quantitative estimate of drug-likeness (QED) is 0.707. The molecule has 0 spiro atoms. The average molecular weight is 175 g/mol. The molecule has 66 valence electrons. The summed E-state index contributed by atoms with van der Waals surface area (Å²) >= 11 is 0. The van der Waals surface area contributed by atoms with Gasteiger partial charge in [0, 0.05) is 10.8 Å². The topological polar surface area (TPSA) is 61.0 Å². The fourth-order valence-electron chi connectivity index (χ4n) is 1.20. The lowest BCUT2D eigenvalue weighted by molar-refractivity contribution is 0.415. The summed E-state index contributed by atoms with van der Waals surface area (Å²) < 4.78 is 5.07. The van der Waals surface area contributed by atoms with E-state index in [4.69, 9.17) is 10.5 Å². The fourth-order valence-corrected chi connectivity index (χ4v) is 1.20. The summed E-state index contributed by atoms with van der Waals surface area (Å²) in [4.78, 5) is 0. The Morgan fingerprint density at radius 1 is 1.38 bits per heavy atom. The third-order valence-corrected chi connectivity index (χ3v) is 1.90. The van der Waals surface area contributed by atoms with Crippen molar-refractivity contribution in [1.29, 1.82) is 0 Å². The van der Waals surface area contributed by atoms with E-state index >= 15 is 0 Å². The molecule has 0 unspecified atom stereocenters. The van der Waals surface area contributed by atoms with Gasteiger partial charge in [-0.1, -0.05) is 0 Å². The summed E-state index contributed by atoms with van der Waals surface area (Å²) in [7, 11) is 1.62. The molecule has 0 saturated heterocycles. The van der Waals surface area contributed by atoms with Crippen molar-refractivity contribution in [2.75, 3.05) is 12.8 Å². The van der Waals surface area contributed by atoms with Crippen molar-refractivity contribution in [2.24, 2.45) is 0 Å². The molecule has 2 aromatic rings. The van der Waals surface area contributed by atoms with E-state index < -0.39 is 0 Å². The molecule has 0 amide bonds. The molecule has 0 aliphatic carbocycles. The molecule has 0 radical (unpaired) electrons. The maximum Gasteiger partial charge on any atom is 0.154 e. The van der Waals surface area contributed by atoms with Crippen molar-refractivity contribution in [2.45, 2.75) is 0 Å². The Kier molecular flexibility index (Phi) is 1.73. The molecule has 0 saturated carbocycles. The van der Waals surface area contributed by atoms with Crippen molar-refractivity contribution < 1.29 is 4.74 Å². The van der Waals surface area contributed by atoms with Crippen LogP contribution in [-0.4, -0.2) is 17.3 Å². The van der Waals surface area contributed by atoms with E-state index in [1.807, 2.05) is 18.2 Å². The van der Waals surface area contributed by atoms with Gasteiger partial charge < -0.3 is 10.5 Å². The second-order valence-electron chi connectivity index (χ2n) is 2.68. The zero-order valence-corrected chi connectivity index (χ0v) is 7.19. The Morgan fingerprint density at radius 2 is 2.23 bits per heavy atom. The predicted molar refractivity (Wildman–Crippen MR) is 50.5 cm³/mol. The number of hydrogen-bond donors (Lipinski definition) is 1. The van der Waals surface area contributed by atoms with Gasteiger partial charge in [-0.3, -0.25) is 0 Å². The van der Waals surface area contributed by atoms with Crippen LogP contribution >= 0.6 is 0 Å². The van der Waals surface area contributed by atoms with Crippen molar-refractivity contribution in [3.8, 4) is 5.75 Å². The standard InChI is InChI=1S/C9H9N3O/c1-13-7-3-2-6-5-11-12-9(10)8(6)4-7/h2-5H,1H3,(H2,10,12). The van der Waals surface area contributed by atoms with Gasteiger partial charge in [-0.25, -0.2) is 0 Å². The molecule has 0 bridgehead atoms. The lowest BCUT2D eigenvalue weighted by Gasteiger charge is -2.02. The van der Waals surface area contributed by atoms with Gasteiger partial charge in [-0.15, -0.1) is 5.10 Å². The van der Waals surface area contributed by atoms with Gasteiger partial charge in [0.1, 0.15) is 5.75 Å². The number of nitrogens with two attached hydrogens (primary N) is 1. The molecule has 1 aromatic carbocycles. The van der Waals surface area contributed by atoms with Crippen LogP contribution in [0.4, 0.5) is 5.82 Å². The zero-order valence-electron chi connectivity index (χ0n) is 7.19. The van der Waals surface area contributed by atoms with Gasteiger partial charge in [0.25, 0.3) is 0 Å². The Labute approximate surface area is 75.3 Å². The lowest BCUT2D eigenvalue weighted by Crippen LogP contribution is -1.94. The fraction of sp³-hybridized carbons (Fsp3) is 0.111. The number of aromatic nitrogens is 2. The van der Waals surface area contributed by atoms with E-state index in [0.29, 0.717) is 5.82 Å². The van der Waals surface area contributed by atoms with Gasteiger partial charge in [-0.2, -0.15) is 5.10 Å². The van der Waals surface area contributed by atoms with Crippen molar-refractivity contribution >= 4 is 16.6 Å². The maximum atomic E-state index is 5.65. The first-order valence-electron chi connectivity index (χ1n) is 3.86. The monoisotopic (exact) mass is 175 g/mol. The van der Waals surface area contributed by atoms with Gasteiger partial charge in [0.2, 0.25) is 0 Å². The second-order valence-corrected chi connectivity index (χ2v) is 2.68. The molecule has 2 N–H and O–H groups in total. The SMILES string of the molecule is COc1ccc2cnnc(N)c2c1. The summed E-state index contributed by atoms with van der Waals surface area (Å²) in [6, 6.07) is 5.61. The lowest BCUT2D eigenvalue weighted by atomic mass is 10.2. The molecular weight excluding hydrogens is 166 g/mol. The molecule has 0 fully saturated rings. The van der Waals surface area contributed by atoms with E-state index in [1.54, 1.807) is 13.3 Å². The number of nitrogens with zero attached hydrogens (tertiary/aromatic N) is 2. The number of nitrogen functional groups attached to an aromatic ring is 1. The molecule has 1 heterocycles. The first-order chi connectivity index (χ1) is 6.31. The van der Waals surface area contributed by atoms with Crippen LogP contribution < -0.4 is 10.5 Å². The largest absolute Gasteiger partial charge is 0.497 e. The summed E-state index contributed by atoms with van der Waals surface area (Å²) in [5.41, 5.74) is 5.65. The van der Waals surface area contributed by atoms with Gasteiger partial charge in [0.15, 0.2) is 5.82 Å². The molecule has 0 atom stereocenters. The highest BCUT2D eigenvalue weighted by molar-refractivity contribution is 5.90. The number of rotatable bonds is 1. The number of fused-ring (bicyclic) bond motifs is 1. The number of anilines is 1. The summed E-state index contributed by atoms with van der Waals surface area (Å²) in [5.74, 6) is 1.20. The Hall–Kier alpha value is -1.84. The van der Waals surface area contributed by atoms with E-state index in [9.17, 15) is 0 Å². The molecule has 1 aromatic heterocycles. The van der Waals surface area contributed by atoms with Gasteiger partial charge in [0.05, 0.1) is 13.3 Å². The molecule has 4 nitrogen and oxygen atoms in total. The molecule has 4 heteroatoms. The van der Waals surface area contributed by atoms with E-state index in [1.165, 1.54) is 0 Å². The number of benzene rings is 1. The highest BCUT2D eigenvalue weighted by atomic mass is 16.5. The minimum absolute atomic E-state index is 0.427. The normalized spacial score (nSPS) is 10.2. The Balaban J connectivity index is 2.74. The molecule has 0 aliphatic heterocycles. The minimum atomic E-state index is 0.427. The third kappa shape index (κ3) is 1.26. The van der Waals surface area contributed by atoms with Crippen LogP contribution in [-0.2, 0) is 0 Å². The Bertz CT molecular complexity index is 442. The number of methoxy groups -OCH3 is 1. The van der Waals surface area contributed by atoms with Crippen LogP contribution in [0.2, 0.25) is 0 Å². The molecular formula is C9H9N3O. The maximum absolute atomic E-state index is 5.65. The first-order valence-corrected chi connectivity index (χ1v) is 3.86. The van der Waals surface area contributed by atoms with Gasteiger partial charge >= 0.3 is 0 Å². The van der Waals surface area contributed by atoms with Crippen molar-refractivity contribution in [3.05, 3.63) is 24.4 Å². The summed E-state index contributed by atoms with van der Waals surface area (Å²) in [6.07, 6.45) is 1.67. The molecule has 13 heavy (non-hydrogen) atoms. The van der Waals surface area contributed by atoms with E-state index in [0.717, 1.165) is 16.5 Å². The van der Waals surface area contributed by atoms with Crippen LogP contribution in [0.15, 0.2) is 24.4 Å². The molecule has 0 aliphatic rings.